The lowest BCUT2D eigenvalue weighted by Gasteiger charge is -2.09. The molecule has 2 heterocycles. The van der Waals surface area contributed by atoms with Gasteiger partial charge in [-0.25, -0.2) is 4.79 Å². The maximum Gasteiger partial charge on any atom is 0.512 e. The van der Waals surface area contributed by atoms with Gasteiger partial charge in [0.2, 0.25) is 11.7 Å². The summed E-state index contributed by atoms with van der Waals surface area (Å²) in [6.07, 6.45) is 1.16. The Morgan fingerprint density at radius 2 is 1.74 bits per heavy atom. The highest BCUT2D eigenvalue weighted by Crippen LogP contribution is 2.30. The molecule has 5 aromatic rings. The second kappa shape index (κ2) is 9.64. The van der Waals surface area contributed by atoms with Crippen molar-refractivity contribution in [1.82, 2.24) is 19.9 Å². The number of hydrogen-bond donors (Lipinski definition) is 1. The molecule has 0 fully saturated rings. The van der Waals surface area contributed by atoms with E-state index in [0.717, 1.165) is 23.1 Å². The third kappa shape index (κ3) is 4.96. The van der Waals surface area contributed by atoms with Crippen LogP contribution in [0.2, 0.25) is 0 Å². The monoisotopic (exact) mass is 466 g/mol. The van der Waals surface area contributed by atoms with Crippen LogP contribution in [0.1, 0.15) is 18.1 Å². The van der Waals surface area contributed by atoms with Crippen LogP contribution >= 0.6 is 0 Å². The number of carboxylic acid groups (broad SMARTS) is 1. The van der Waals surface area contributed by atoms with E-state index in [2.05, 4.69) is 51.2 Å². The van der Waals surface area contributed by atoms with Crippen LogP contribution in [0.3, 0.4) is 0 Å². The zero-order chi connectivity index (χ0) is 24.2. The molecule has 0 aliphatic heterocycles. The molecule has 0 unspecified atom stereocenters. The molecule has 0 saturated carbocycles. The van der Waals surface area contributed by atoms with Crippen molar-refractivity contribution in [1.29, 1.82) is 0 Å². The van der Waals surface area contributed by atoms with Crippen molar-refractivity contribution in [3.05, 3.63) is 96.2 Å². The normalized spacial score (nSPS) is 10.9. The molecule has 0 aliphatic rings. The van der Waals surface area contributed by atoms with Crippen molar-refractivity contribution >= 4 is 6.16 Å². The Bertz CT molecular complexity index is 1460. The highest BCUT2D eigenvalue weighted by Gasteiger charge is 2.13. The number of aryl methyl sites for hydroxylation is 1. The first-order chi connectivity index (χ1) is 17.1. The van der Waals surface area contributed by atoms with Gasteiger partial charge in [-0.1, -0.05) is 72.7 Å². The van der Waals surface area contributed by atoms with Gasteiger partial charge in [-0.2, -0.15) is 4.98 Å². The largest absolute Gasteiger partial charge is 0.512 e. The predicted octanol–water partition coefficient (Wildman–Crippen LogP) is 5.93. The summed E-state index contributed by atoms with van der Waals surface area (Å²) >= 11 is 0. The van der Waals surface area contributed by atoms with E-state index in [0.29, 0.717) is 18.3 Å². The third-order valence-electron chi connectivity index (χ3n) is 5.61. The van der Waals surface area contributed by atoms with E-state index < -0.39 is 6.16 Å². The quantitative estimate of drug-likeness (QED) is 0.296. The van der Waals surface area contributed by atoms with Crippen LogP contribution in [0.5, 0.6) is 5.88 Å². The summed E-state index contributed by atoms with van der Waals surface area (Å²) < 4.78 is 11.7. The van der Waals surface area contributed by atoms with Gasteiger partial charge in [0.15, 0.2) is 0 Å². The van der Waals surface area contributed by atoms with Gasteiger partial charge in [0.25, 0.3) is 5.89 Å². The molecule has 8 heteroatoms. The van der Waals surface area contributed by atoms with Crippen LogP contribution in [0.25, 0.3) is 34.0 Å². The number of aromatic nitrogens is 4. The Balaban J connectivity index is 1.32. The number of ether oxygens (including phenoxy) is 1. The maximum absolute atomic E-state index is 10.6. The minimum Gasteiger partial charge on any atom is -0.449 e. The molecule has 0 atom stereocenters. The molecular formula is C27H22N4O4. The first kappa shape index (κ1) is 22.1. The number of hydrogen-bond acceptors (Lipinski definition) is 6. The van der Waals surface area contributed by atoms with Crippen LogP contribution in [-0.2, 0) is 13.0 Å². The topological polar surface area (TPSA) is 103 Å². The van der Waals surface area contributed by atoms with Gasteiger partial charge in [0, 0.05) is 23.4 Å². The van der Waals surface area contributed by atoms with Crippen molar-refractivity contribution in [3.8, 4) is 39.8 Å². The van der Waals surface area contributed by atoms with Gasteiger partial charge in [0.05, 0.1) is 6.54 Å². The summed E-state index contributed by atoms with van der Waals surface area (Å²) in [6, 6.07) is 25.7. The zero-order valence-electron chi connectivity index (χ0n) is 19.0. The second-order valence-corrected chi connectivity index (χ2v) is 7.93. The van der Waals surface area contributed by atoms with Gasteiger partial charge in [-0.05, 0) is 40.8 Å². The third-order valence-corrected chi connectivity index (χ3v) is 5.61. The molecule has 0 spiro atoms. The maximum atomic E-state index is 10.6. The van der Waals surface area contributed by atoms with Crippen LogP contribution < -0.4 is 4.74 Å². The van der Waals surface area contributed by atoms with Crippen LogP contribution in [0.15, 0.2) is 89.6 Å². The molecule has 174 valence electrons. The highest BCUT2D eigenvalue weighted by molar-refractivity contribution is 5.72. The lowest BCUT2D eigenvalue weighted by molar-refractivity contribution is 0.142. The van der Waals surface area contributed by atoms with E-state index in [1.54, 1.807) is 10.9 Å². The van der Waals surface area contributed by atoms with Crippen LogP contribution in [0, 0.1) is 0 Å². The van der Waals surface area contributed by atoms with E-state index >= 15 is 0 Å². The first-order valence-corrected chi connectivity index (χ1v) is 11.1. The summed E-state index contributed by atoms with van der Waals surface area (Å²) in [4.78, 5) is 15.2. The summed E-state index contributed by atoms with van der Waals surface area (Å²) in [6.45, 7) is 2.60. The van der Waals surface area contributed by atoms with Gasteiger partial charge in [-0.15, -0.1) is 5.10 Å². The smallest absolute Gasteiger partial charge is 0.449 e. The molecule has 0 radical (unpaired) electrons. The number of nitrogens with zero attached hydrogens (tertiary/aromatic N) is 4. The standard InChI is InChI=1S/C27H22N4O4/c1-2-19-16-22(12-13-23(19)20-6-4-3-5-7-20)26-28-25(30-35-26)21-10-8-18(9-11-21)17-31-15-14-24(29-31)34-27(32)33/h3-16H,2,17H2,1H3,(H,32,33). The zero-order valence-corrected chi connectivity index (χ0v) is 19.0. The van der Waals surface area contributed by atoms with E-state index in [1.165, 1.54) is 22.8 Å². The average Bonchev–Trinajstić information content (AvgIpc) is 3.54. The summed E-state index contributed by atoms with van der Waals surface area (Å²) in [7, 11) is 0. The highest BCUT2D eigenvalue weighted by atomic mass is 16.7. The van der Waals surface area contributed by atoms with Crippen molar-refractivity contribution in [2.24, 2.45) is 0 Å². The Morgan fingerprint density at radius 3 is 2.49 bits per heavy atom. The molecule has 0 aliphatic carbocycles. The van der Waals surface area contributed by atoms with Gasteiger partial charge < -0.3 is 14.4 Å². The Kier molecular flexibility index (Phi) is 6.09. The molecule has 0 bridgehead atoms. The molecule has 5 rings (SSSR count). The lowest BCUT2D eigenvalue weighted by atomic mass is 9.96. The van der Waals surface area contributed by atoms with Crippen LogP contribution in [-0.4, -0.2) is 31.2 Å². The molecule has 0 amide bonds. The molecular weight excluding hydrogens is 444 g/mol. The molecule has 35 heavy (non-hydrogen) atoms. The first-order valence-electron chi connectivity index (χ1n) is 11.1. The molecule has 0 saturated heterocycles. The number of rotatable bonds is 7. The van der Waals surface area contributed by atoms with Crippen molar-refractivity contribution in [2.75, 3.05) is 0 Å². The van der Waals surface area contributed by atoms with Gasteiger partial charge in [0.1, 0.15) is 0 Å². The molecule has 3 aromatic carbocycles. The molecule has 8 nitrogen and oxygen atoms in total. The average molecular weight is 466 g/mol. The Hall–Kier alpha value is -4.72. The summed E-state index contributed by atoms with van der Waals surface area (Å²) in [5.41, 5.74) is 6.29. The fraction of sp³-hybridized carbons (Fsp3) is 0.111. The molecule has 1 N–H and O–H groups in total. The number of benzene rings is 3. The summed E-state index contributed by atoms with van der Waals surface area (Å²) in [5, 5.41) is 16.9. The predicted molar refractivity (Wildman–Crippen MR) is 130 cm³/mol. The minimum atomic E-state index is -1.39. The van der Waals surface area contributed by atoms with Crippen molar-refractivity contribution < 1.29 is 19.2 Å². The van der Waals surface area contributed by atoms with Gasteiger partial charge >= 0.3 is 6.16 Å². The van der Waals surface area contributed by atoms with E-state index in [4.69, 9.17) is 9.63 Å². The van der Waals surface area contributed by atoms with E-state index in [1.807, 2.05) is 48.5 Å². The minimum absolute atomic E-state index is 0.0384. The second-order valence-electron chi connectivity index (χ2n) is 7.93. The van der Waals surface area contributed by atoms with Gasteiger partial charge in [-0.3, -0.25) is 4.68 Å². The van der Waals surface area contributed by atoms with E-state index in [9.17, 15) is 4.79 Å². The van der Waals surface area contributed by atoms with Crippen molar-refractivity contribution in [2.45, 2.75) is 19.9 Å². The molecule has 2 aromatic heterocycles. The van der Waals surface area contributed by atoms with E-state index in [-0.39, 0.29) is 5.88 Å². The van der Waals surface area contributed by atoms with Crippen LogP contribution in [0.4, 0.5) is 4.79 Å². The fourth-order valence-electron chi connectivity index (χ4n) is 3.90. The fourth-order valence-corrected chi connectivity index (χ4v) is 3.90. The lowest BCUT2D eigenvalue weighted by Crippen LogP contribution is -2.05. The van der Waals surface area contributed by atoms with Crippen molar-refractivity contribution in [3.63, 3.8) is 0 Å². The summed E-state index contributed by atoms with van der Waals surface area (Å²) in [5.74, 6) is 1.02. The SMILES string of the molecule is CCc1cc(-c2nc(-c3ccc(Cn4ccc(OC(=O)O)n4)cc3)no2)ccc1-c1ccccc1. The number of carbonyl (C=O) groups is 1. The Labute approximate surface area is 201 Å². The Morgan fingerprint density at radius 1 is 0.971 bits per heavy atom.